The number of hydrogen-bond acceptors (Lipinski definition) is 4. The summed E-state index contributed by atoms with van der Waals surface area (Å²) in [4.78, 5) is 29.1. The van der Waals surface area contributed by atoms with Gasteiger partial charge < -0.3 is 10.0 Å². The molecular weight excluding hydrogens is 270 g/mol. The first kappa shape index (κ1) is 17.4. The number of likely N-dealkylation sites (N-methyl/N-ethyl adjacent to an activating group) is 1. The van der Waals surface area contributed by atoms with E-state index in [4.69, 9.17) is 5.11 Å². The van der Waals surface area contributed by atoms with E-state index in [1.165, 1.54) is 0 Å². The molecule has 0 aliphatic heterocycles. The number of hydrogen-bond donors (Lipinski definition) is 1. The summed E-state index contributed by atoms with van der Waals surface area (Å²) in [6.45, 7) is 8.98. The Morgan fingerprint density at radius 1 is 1.43 bits per heavy atom. The molecule has 0 fully saturated rings. The molecule has 0 amide bonds. The van der Waals surface area contributed by atoms with Gasteiger partial charge in [-0.05, 0) is 34.2 Å². The maximum absolute atomic E-state index is 12.0. The molecule has 1 heterocycles. The van der Waals surface area contributed by atoms with E-state index in [1.807, 2.05) is 7.05 Å². The van der Waals surface area contributed by atoms with Gasteiger partial charge in [-0.3, -0.25) is 9.36 Å². The molecule has 21 heavy (non-hydrogen) atoms. The predicted molar refractivity (Wildman–Crippen MR) is 81.7 cm³/mol. The number of aryl methyl sites for hydroxylation is 1. The summed E-state index contributed by atoms with van der Waals surface area (Å²) in [5.41, 5.74) is 1.53. The minimum Gasteiger partial charge on any atom is -0.481 e. The van der Waals surface area contributed by atoms with E-state index in [9.17, 15) is 9.59 Å². The monoisotopic (exact) mass is 295 g/mol. The average molecular weight is 295 g/mol. The smallest absolute Gasteiger partial charge is 0.348 e. The van der Waals surface area contributed by atoms with Crippen molar-refractivity contribution in [3.63, 3.8) is 0 Å². The van der Waals surface area contributed by atoms with Gasteiger partial charge >= 0.3 is 11.7 Å². The largest absolute Gasteiger partial charge is 0.481 e. The zero-order chi connectivity index (χ0) is 16.2. The van der Waals surface area contributed by atoms with Crippen LogP contribution in [0.25, 0.3) is 0 Å². The van der Waals surface area contributed by atoms with Gasteiger partial charge in [0.15, 0.2) is 0 Å². The van der Waals surface area contributed by atoms with E-state index in [0.717, 1.165) is 13.0 Å². The van der Waals surface area contributed by atoms with Crippen LogP contribution in [0.5, 0.6) is 0 Å². The Kier molecular flexibility index (Phi) is 6.08. The summed E-state index contributed by atoms with van der Waals surface area (Å²) < 4.78 is 1.57. The van der Waals surface area contributed by atoms with Crippen LogP contribution in [-0.4, -0.2) is 45.2 Å². The van der Waals surface area contributed by atoms with Crippen LogP contribution in [0.1, 0.15) is 37.2 Å². The Hall–Kier alpha value is -1.69. The fourth-order valence-electron chi connectivity index (χ4n) is 2.30. The Morgan fingerprint density at radius 3 is 2.57 bits per heavy atom. The summed E-state index contributed by atoms with van der Waals surface area (Å²) in [5.74, 6) is -0.912. The summed E-state index contributed by atoms with van der Waals surface area (Å²) in [7, 11) is 2.02. The molecule has 0 saturated carbocycles. The second kappa shape index (κ2) is 7.36. The van der Waals surface area contributed by atoms with Crippen molar-refractivity contribution >= 4 is 5.97 Å². The zero-order valence-corrected chi connectivity index (χ0v) is 13.5. The third-order valence-electron chi connectivity index (χ3n) is 4.12. The van der Waals surface area contributed by atoms with Crippen molar-refractivity contribution in [2.75, 3.05) is 13.6 Å². The van der Waals surface area contributed by atoms with Gasteiger partial charge in [-0.2, -0.15) is 4.98 Å². The number of carbonyl (C=O) groups is 1. The summed E-state index contributed by atoms with van der Waals surface area (Å²) in [6.07, 6.45) is 0.937. The number of aromatic nitrogens is 2. The van der Waals surface area contributed by atoms with Gasteiger partial charge in [0.05, 0.1) is 6.42 Å². The van der Waals surface area contributed by atoms with Crippen molar-refractivity contribution in [1.29, 1.82) is 0 Å². The second-order valence-corrected chi connectivity index (χ2v) is 5.50. The lowest BCUT2D eigenvalue weighted by molar-refractivity contribution is -0.136. The van der Waals surface area contributed by atoms with Gasteiger partial charge in [-0.1, -0.05) is 6.92 Å². The SMILES string of the molecule is CCC(C)N(C)CCn1c(C)c(CC(=O)O)c(C)nc1=O. The van der Waals surface area contributed by atoms with Crippen molar-refractivity contribution in [2.24, 2.45) is 0 Å². The fraction of sp³-hybridized carbons (Fsp3) is 0.667. The lowest BCUT2D eigenvalue weighted by atomic mass is 10.1. The molecule has 6 heteroatoms. The van der Waals surface area contributed by atoms with Crippen LogP contribution in [0, 0.1) is 13.8 Å². The van der Waals surface area contributed by atoms with Crippen molar-refractivity contribution in [2.45, 2.75) is 53.1 Å². The first-order valence-corrected chi connectivity index (χ1v) is 7.26. The van der Waals surface area contributed by atoms with E-state index in [-0.39, 0.29) is 12.1 Å². The number of rotatable bonds is 7. The maximum Gasteiger partial charge on any atom is 0.348 e. The topological polar surface area (TPSA) is 75.4 Å². The highest BCUT2D eigenvalue weighted by molar-refractivity contribution is 5.70. The van der Waals surface area contributed by atoms with E-state index in [0.29, 0.717) is 29.5 Å². The molecule has 0 aromatic carbocycles. The maximum atomic E-state index is 12.0. The van der Waals surface area contributed by atoms with Crippen LogP contribution in [0.15, 0.2) is 4.79 Å². The Morgan fingerprint density at radius 2 is 2.05 bits per heavy atom. The molecule has 118 valence electrons. The van der Waals surface area contributed by atoms with Crippen LogP contribution in [-0.2, 0) is 17.8 Å². The molecule has 1 unspecified atom stereocenters. The third kappa shape index (κ3) is 4.39. The zero-order valence-electron chi connectivity index (χ0n) is 13.5. The average Bonchev–Trinajstić information content (AvgIpc) is 2.41. The molecule has 1 aromatic heterocycles. The lowest BCUT2D eigenvalue weighted by Crippen LogP contribution is -2.36. The van der Waals surface area contributed by atoms with Crippen molar-refractivity contribution in [1.82, 2.24) is 14.5 Å². The van der Waals surface area contributed by atoms with E-state index in [1.54, 1.807) is 18.4 Å². The molecule has 1 N–H and O–H groups in total. The second-order valence-electron chi connectivity index (χ2n) is 5.50. The van der Waals surface area contributed by atoms with Gasteiger partial charge in [0.2, 0.25) is 0 Å². The van der Waals surface area contributed by atoms with Crippen LogP contribution in [0.2, 0.25) is 0 Å². The standard InChI is InChI=1S/C15H25N3O3/c1-6-10(2)17(5)7-8-18-12(4)13(9-14(19)20)11(3)16-15(18)21/h10H,6-9H2,1-5H3,(H,19,20). The molecule has 1 rings (SSSR count). The van der Waals surface area contributed by atoms with Gasteiger partial charge in [-0.15, -0.1) is 0 Å². The molecule has 1 aromatic rings. The number of nitrogens with zero attached hydrogens (tertiary/aromatic N) is 3. The Labute approximate surface area is 125 Å². The highest BCUT2D eigenvalue weighted by Crippen LogP contribution is 2.11. The van der Waals surface area contributed by atoms with Gasteiger partial charge in [0, 0.05) is 36.1 Å². The van der Waals surface area contributed by atoms with Crippen molar-refractivity contribution < 1.29 is 9.90 Å². The molecule has 1 atom stereocenters. The fourth-order valence-corrected chi connectivity index (χ4v) is 2.30. The summed E-state index contributed by atoms with van der Waals surface area (Å²) in [6, 6.07) is 0.443. The predicted octanol–water partition coefficient (Wildman–Crippen LogP) is 1.22. The minimum atomic E-state index is -0.912. The van der Waals surface area contributed by atoms with Gasteiger partial charge in [0.1, 0.15) is 0 Å². The van der Waals surface area contributed by atoms with Crippen molar-refractivity contribution in [3.05, 3.63) is 27.4 Å². The lowest BCUT2D eigenvalue weighted by Gasteiger charge is -2.24. The third-order valence-corrected chi connectivity index (χ3v) is 4.12. The van der Waals surface area contributed by atoms with Gasteiger partial charge in [0.25, 0.3) is 0 Å². The molecule has 6 nitrogen and oxygen atoms in total. The molecular formula is C15H25N3O3. The number of carboxylic acid groups (broad SMARTS) is 1. The number of aliphatic carboxylic acids is 1. The van der Waals surface area contributed by atoms with Gasteiger partial charge in [-0.25, -0.2) is 4.79 Å². The quantitative estimate of drug-likeness (QED) is 0.818. The van der Waals surface area contributed by atoms with Crippen LogP contribution in [0.4, 0.5) is 0 Å². The molecule has 0 spiro atoms. The highest BCUT2D eigenvalue weighted by atomic mass is 16.4. The Bertz CT molecular complexity index is 566. The minimum absolute atomic E-state index is 0.105. The van der Waals surface area contributed by atoms with E-state index >= 15 is 0 Å². The first-order valence-electron chi connectivity index (χ1n) is 7.26. The first-order chi connectivity index (χ1) is 9.77. The molecule has 0 bridgehead atoms. The van der Waals surface area contributed by atoms with Crippen molar-refractivity contribution in [3.8, 4) is 0 Å². The van der Waals surface area contributed by atoms with E-state index < -0.39 is 5.97 Å². The Balaban J connectivity index is 3.02. The summed E-state index contributed by atoms with van der Waals surface area (Å²) >= 11 is 0. The summed E-state index contributed by atoms with van der Waals surface area (Å²) in [5, 5.41) is 8.98. The van der Waals surface area contributed by atoms with Crippen LogP contribution < -0.4 is 5.69 Å². The van der Waals surface area contributed by atoms with Crippen LogP contribution in [0.3, 0.4) is 0 Å². The normalized spacial score (nSPS) is 12.7. The highest BCUT2D eigenvalue weighted by Gasteiger charge is 2.15. The van der Waals surface area contributed by atoms with E-state index in [2.05, 4.69) is 23.7 Å². The molecule has 0 aliphatic carbocycles. The molecule has 0 saturated heterocycles. The van der Waals surface area contributed by atoms with Crippen LogP contribution >= 0.6 is 0 Å². The number of carboxylic acids is 1. The molecule has 0 aliphatic rings. The molecule has 0 radical (unpaired) electrons.